The Labute approximate surface area is 67.5 Å². The predicted octanol–water partition coefficient (Wildman–Crippen LogP) is 1.75. The molecule has 0 aromatic carbocycles. The first-order valence-electron chi connectivity index (χ1n) is 4.29. The molecule has 1 aliphatic carbocycles. The Hall–Kier alpha value is -0.790. The highest BCUT2D eigenvalue weighted by Crippen LogP contribution is 2.16. The summed E-state index contributed by atoms with van der Waals surface area (Å²) in [6, 6.07) is 0. The Kier molecular flexibility index (Phi) is 3.14. The van der Waals surface area contributed by atoms with E-state index in [-0.39, 0.29) is 5.91 Å². The maximum atomic E-state index is 10.8. The highest BCUT2D eigenvalue weighted by atomic mass is 16.1. The topological polar surface area (TPSA) is 43.1 Å². The van der Waals surface area contributed by atoms with Crippen molar-refractivity contribution in [2.24, 2.45) is 5.73 Å². The summed E-state index contributed by atoms with van der Waals surface area (Å²) in [6.07, 6.45) is 8.77. The van der Waals surface area contributed by atoms with Crippen LogP contribution in [0.4, 0.5) is 0 Å². The fraction of sp³-hybridized carbons (Fsp3) is 0.667. The van der Waals surface area contributed by atoms with Crippen molar-refractivity contribution in [3.8, 4) is 0 Å². The second kappa shape index (κ2) is 4.16. The van der Waals surface area contributed by atoms with Gasteiger partial charge in [0.1, 0.15) is 0 Å². The lowest BCUT2D eigenvalue weighted by Gasteiger charge is -2.07. The Balaban J connectivity index is 2.52. The van der Waals surface area contributed by atoms with Crippen LogP contribution in [0.25, 0.3) is 0 Å². The maximum Gasteiger partial charge on any atom is 0.244 e. The van der Waals surface area contributed by atoms with E-state index >= 15 is 0 Å². The van der Waals surface area contributed by atoms with Gasteiger partial charge in [0, 0.05) is 5.57 Å². The number of hydrogen-bond donors (Lipinski definition) is 1. The van der Waals surface area contributed by atoms with E-state index in [0.29, 0.717) is 0 Å². The molecule has 0 unspecified atom stereocenters. The van der Waals surface area contributed by atoms with Crippen LogP contribution in [-0.4, -0.2) is 5.91 Å². The normalized spacial score (nSPS) is 19.8. The molecule has 1 aliphatic rings. The summed E-state index contributed by atoms with van der Waals surface area (Å²) in [7, 11) is 0. The molecular weight excluding hydrogens is 138 g/mol. The largest absolute Gasteiger partial charge is 0.366 e. The molecule has 0 radical (unpaired) electrons. The molecule has 0 spiro atoms. The SMILES string of the molecule is NC(=O)C1=CCCCCCC1. The summed E-state index contributed by atoms with van der Waals surface area (Å²) in [5, 5.41) is 0. The Morgan fingerprint density at radius 2 is 2.00 bits per heavy atom. The second-order valence-electron chi connectivity index (χ2n) is 3.05. The van der Waals surface area contributed by atoms with E-state index in [1.165, 1.54) is 19.3 Å². The van der Waals surface area contributed by atoms with Gasteiger partial charge in [-0.05, 0) is 25.7 Å². The average molecular weight is 153 g/mol. The van der Waals surface area contributed by atoms with E-state index in [9.17, 15) is 4.79 Å². The Morgan fingerprint density at radius 3 is 2.73 bits per heavy atom. The lowest BCUT2D eigenvalue weighted by molar-refractivity contribution is -0.114. The highest BCUT2D eigenvalue weighted by Gasteiger charge is 2.05. The summed E-state index contributed by atoms with van der Waals surface area (Å²) in [5.74, 6) is -0.230. The van der Waals surface area contributed by atoms with Gasteiger partial charge in [0.2, 0.25) is 5.91 Å². The third-order valence-electron chi connectivity index (χ3n) is 2.11. The van der Waals surface area contributed by atoms with Gasteiger partial charge >= 0.3 is 0 Å². The first-order chi connectivity index (χ1) is 5.30. The molecule has 0 aromatic rings. The fourth-order valence-corrected chi connectivity index (χ4v) is 1.42. The van der Waals surface area contributed by atoms with Crippen molar-refractivity contribution in [3.05, 3.63) is 11.6 Å². The van der Waals surface area contributed by atoms with Crippen molar-refractivity contribution in [3.63, 3.8) is 0 Å². The molecule has 11 heavy (non-hydrogen) atoms. The molecule has 1 rings (SSSR count). The lowest BCUT2D eigenvalue weighted by Crippen LogP contribution is -2.14. The van der Waals surface area contributed by atoms with Crippen LogP contribution < -0.4 is 5.73 Å². The van der Waals surface area contributed by atoms with E-state index in [4.69, 9.17) is 5.73 Å². The molecule has 1 amide bonds. The number of nitrogens with two attached hydrogens (primary N) is 1. The van der Waals surface area contributed by atoms with Gasteiger partial charge in [0.25, 0.3) is 0 Å². The van der Waals surface area contributed by atoms with Crippen molar-refractivity contribution in [2.75, 3.05) is 0 Å². The maximum absolute atomic E-state index is 10.8. The third kappa shape index (κ3) is 2.74. The van der Waals surface area contributed by atoms with Crippen LogP contribution in [0.15, 0.2) is 11.6 Å². The minimum absolute atomic E-state index is 0.230. The fourth-order valence-electron chi connectivity index (χ4n) is 1.42. The first kappa shape index (κ1) is 8.31. The highest BCUT2D eigenvalue weighted by molar-refractivity contribution is 5.91. The van der Waals surface area contributed by atoms with Gasteiger partial charge in [-0.2, -0.15) is 0 Å². The average Bonchev–Trinajstić information content (AvgIpc) is 1.84. The molecule has 0 atom stereocenters. The van der Waals surface area contributed by atoms with Crippen molar-refractivity contribution < 1.29 is 4.79 Å². The molecule has 0 bridgehead atoms. The molecule has 2 heteroatoms. The number of carbonyl (C=O) groups is 1. The Morgan fingerprint density at radius 1 is 1.27 bits per heavy atom. The predicted molar refractivity (Wildman–Crippen MR) is 45.0 cm³/mol. The van der Waals surface area contributed by atoms with Crippen LogP contribution >= 0.6 is 0 Å². The smallest absolute Gasteiger partial charge is 0.244 e. The number of allylic oxidation sites excluding steroid dienone is 1. The third-order valence-corrected chi connectivity index (χ3v) is 2.11. The minimum atomic E-state index is -0.230. The van der Waals surface area contributed by atoms with Crippen LogP contribution in [0.3, 0.4) is 0 Å². The molecule has 0 saturated heterocycles. The molecule has 0 fully saturated rings. The minimum Gasteiger partial charge on any atom is -0.366 e. The summed E-state index contributed by atoms with van der Waals surface area (Å²) in [5.41, 5.74) is 6.02. The molecule has 0 aliphatic heterocycles. The number of amides is 1. The number of carbonyl (C=O) groups excluding carboxylic acids is 1. The second-order valence-corrected chi connectivity index (χ2v) is 3.05. The van der Waals surface area contributed by atoms with Gasteiger partial charge in [0.15, 0.2) is 0 Å². The van der Waals surface area contributed by atoms with Crippen molar-refractivity contribution in [1.82, 2.24) is 0 Å². The molecule has 62 valence electrons. The van der Waals surface area contributed by atoms with E-state index in [1.54, 1.807) is 0 Å². The van der Waals surface area contributed by atoms with E-state index in [2.05, 4.69) is 0 Å². The molecule has 2 N–H and O–H groups in total. The number of primary amides is 1. The van der Waals surface area contributed by atoms with Crippen molar-refractivity contribution in [1.29, 1.82) is 0 Å². The van der Waals surface area contributed by atoms with Crippen LogP contribution in [0.2, 0.25) is 0 Å². The molecular formula is C9H15NO. The summed E-state index contributed by atoms with van der Waals surface area (Å²) >= 11 is 0. The van der Waals surface area contributed by atoms with Gasteiger partial charge in [-0.3, -0.25) is 4.79 Å². The number of rotatable bonds is 1. The number of hydrogen-bond acceptors (Lipinski definition) is 1. The van der Waals surface area contributed by atoms with Gasteiger partial charge in [-0.15, -0.1) is 0 Å². The van der Waals surface area contributed by atoms with E-state index < -0.39 is 0 Å². The van der Waals surface area contributed by atoms with E-state index in [1.807, 2.05) is 6.08 Å². The Bertz CT molecular complexity index is 172. The standard InChI is InChI=1S/C9H15NO/c10-9(11)8-6-4-2-1-3-5-7-8/h6H,1-5,7H2,(H2,10,11). The zero-order valence-electron chi connectivity index (χ0n) is 6.81. The van der Waals surface area contributed by atoms with Crippen molar-refractivity contribution >= 4 is 5.91 Å². The van der Waals surface area contributed by atoms with Gasteiger partial charge in [-0.25, -0.2) is 0 Å². The zero-order valence-corrected chi connectivity index (χ0v) is 6.81. The van der Waals surface area contributed by atoms with Gasteiger partial charge < -0.3 is 5.73 Å². The first-order valence-corrected chi connectivity index (χ1v) is 4.29. The molecule has 0 heterocycles. The van der Waals surface area contributed by atoms with Crippen LogP contribution in [-0.2, 0) is 4.79 Å². The quantitative estimate of drug-likeness (QED) is 0.612. The van der Waals surface area contributed by atoms with Crippen LogP contribution in [0, 0.1) is 0 Å². The van der Waals surface area contributed by atoms with Crippen molar-refractivity contribution in [2.45, 2.75) is 38.5 Å². The van der Waals surface area contributed by atoms with Crippen LogP contribution in [0.1, 0.15) is 38.5 Å². The monoisotopic (exact) mass is 153 g/mol. The van der Waals surface area contributed by atoms with E-state index in [0.717, 1.165) is 24.8 Å². The molecule has 2 nitrogen and oxygen atoms in total. The summed E-state index contributed by atoms with van der Waals surface area (Å²) in [6.45, 7) is 0. The van der Waals surface area contributed by atoms with Gasteiger partial charge in [-0.1, -0.05) is 18.9 Å². The lowest BCUT2D eigenvalue weighted by atomic mass is 10.00. The summed E-state index contributed by atoms with van der Waals surface area (Å²) in [4.78, 5) is 10.8. The summed E-state index contributed by atoms with van der Waals surface area (Å²) < 4.78 is 0. The van der Waals surface area contributed by atoms with Gasteiger partial charge in [0.05, 0.1) is 0 Å². The molecule has 0 aromatic heterocycles. The zero-order chi connectivity index (χ0) is 8.10. The molecule has 0 saturated carbocycles. The van der Waals surface area contributed by atoms with Crippen LogP contribution in [0.5, 0.6) is 0 Å².